The van der Waals surface area contributed by atoms with Gasteiger partial charge in [-0.25, -0.2) is 4.68 Å². The lowest BCUT2D eigenvalue weighted by molar-refractivity contribution is 0.102. The molecule has 1 amide bonds. The van der Waals surface area contributed by atoms with Crippen molar-refractivity contribution in [3.63, 3.8) is 0 Å². The molecule has 0 radical (unpaired) electrons. The molecule has 6 nitrogen and oxygen atoms in total. The highest BCUT2D eigenvalue weighted by Gasteiger charge is 2.13. The summed E-state index contributed by atoms with van der Waals surface area (Å²) in [6, 6.07) is 23.2. The van der Waals surface area contributed by atoms with E-state index in [-0.39, 0.29) is 5.91 Å². The Morgan fingerprint density at radius 1 is 0.941 bits per heavy atom. The first-order valence-corrected chi connectivity index (χ1v) is 11.7. The van der Waals surface area contributed by atoms with Crippen LogP contribution in [-0.4, -0.2) is 20.9 Å². The molecule has 3 aromatic carbocycles. The summed E-state index contributed by atoms with van der Waals surface area (Å²) in [5.74, 6) is -0.238. The van der Waals surface area contributed by atoms with Crippen LogP contribution >= 0.6 is 11.3 Å². The highest BCUT2D eigenvalue weighted by Crippen LogP contribution is 2.30. The number of nitrogens with zero attached hydrogens (tertiary/aromatic N) is 3. The van der Waals surface area contributed by atoms with Crippen LogP contribution in [0.25, 0.3) is 27.4 Å². The monoisotopic (exact) mass is 465 g/mol. The van der Waals surface area contributed by atoms with Gasteiger partial charge in [0.25, 0.3) is 5.91 Å². The molecule has 0 aliphatic carbocycles. The zero-order valence-corrected chi connectivity index (χ0v) is 19.6. The number of aromatic nitrogens is 3. The molecule has 0 atom stereocenters. The number of nitrogen functional groups attached to an aromatic ring is 1. The van der Waals surface area contributed by atoms with Crippen LogP contribution in [0.1, 0.15) is 21.5 Å². The number of nitrogens with two attached hydrogens (primary N) is 1. The summed E-state index contributed by atoms with van der Waals surface area (Å²) in [5.41, 5.74) is 13.6. The van der Waals surface area contributed by atoms with Crippen LogP contribution in [0.3, 0.4) is 0 Å². The summed E-state index contributed by atoms with van der Waals surface area (Å²) in [5, 5.41) is 13.6. The van der Waals surface area contributed by atoms with E-state index in [0.29, 0.717) is 22.6 Å². The molecule has 0 aliphatic rings. The molecule has 5 rings (SSSR count). The maximum atomic E-state index is 13.0. The lowest BCUT2D eigenvalue weighted by Crippen LogP contribution is -2.13. The standard InChI is InChI=1S/C27H23N5OS/c1-17-8-10-22(13-18(17)2)32-16-25(30-31-32)19-5-3-6-21(14-19)27(33)29-24-15-20(9-11-23(24)28)26-7-4-12-34-26/h3-16H,28H2,1-2H3,(H,29,33). The van der Waals surface area contributed by atoms with E-state index in [2.05, 4.69) is 41.6 Å². The van der Waals surface area contributed by atoms with Gasteiger partial charge in [0.15, 0.2) is 0 Å². The van der Waals surface area contributed by atoms with Crippen LogP contribution in [-0.2, 0) is 0 Å². The van der Waals surface area contributed by atoms with Crippen molar-refractivity contribution >= 4 is 28.6 Å². The SMILES string of the molecule is Cc1ccc(-n2cc(-c3cccc(C(=O)Nc4cc(-c5cccs5)ccc4N)c3)nn2)cc1C. The highest BCUT2D eigenvalue weighted by molar-refractivity contribution is 7.13. The fourth-order valence-electron chi connectivity index (χ4n) is 3.67. The number of hydrogen-bond acceptors (Lipinski definition) is 5. The Balaban J connectivity index is 1.39. The summed E-state index contributed by atoms with van der Waals surface area (Å²) in [6.45, 7) is 4.15. The van der Waals surface area contributed by atoms with Gasteiger partial charge in [-0.15, -0.1) is 16.4 Å². The maximum absolute atomic E-state index is 13.0. The van der Waals surface area contributed by atoms with Crippen molar-refractivity contribution in [3.8, 4) is 27.4 Å². The molecule has 0 fully saturated rings. The number of hydrogen-bond donors (Lipinski definition) is 2. The summed E-state index contributed by atoms with van der Waals surface area (Å²) in [4.78, 5) is 14.2. The Bertz CT molecular complexity index is 1490. The molecule has 168 valence electrons. The summed E-state index contributed by atoms with van der Waals surface area (Å²) in [6.07, 6.45) is 1.86. The minimum atomic E-state index is -0.238. The van der Waals surface area contributed by atoms with Crippen molar-refractivity contribution in [1.82, 2.24) is 15.0 Å². The molecule has 0 saturated heterocycles. The number of benzene rings is 3. The number of rotatable bonds is 5. The van der Waals surface area contributed by atoms with Gasteiger partial charge >= 0.3 is 0 Å². The third-order valence-electron chi connectivity index (χ3n) is 5.78. The van der Waals surface area contributed by atoms with Gasteiger partial charge < -0.3 is 11.1 Å². The van der Waals surface area contributed by atoms with Crippen LogP contribution < -0.4 is 11.1 Å². The van der Waals surface area contributed by atoms with Gasteiger partial charge in [-0.2, -0.15) is 0 Å². The second kappa shape index (κ2) is 8.96. The van der Waals surface area contributed by atoms with Gasteiger partial charge in [-0.3, -0.25) is 4.79 Å². The van der Waals surface area contributed by atoms with Crippen molar-refractivity contribution in [1.29, 1.82) is 0 Å². The maximum Gasteiger partial charge on any atom is 0.255 e. The fraction of sp³-hybridized carbons (Fsp3) is 0.0741. The number of anilines is 2. The van der Waals surface area contributed by atoms with Gasteiger partial charge in [0.1, 0.15) is 5.69 Å². The summed E-state index contributed by atoms with van der Waals surface area (Å²) in [7, 11) is 0. The number of thiophene rings is 1. The molecule has 0 bridgehead atoms. The summed E-state index contributed by atoms with van der Waals surface area (Å²) >= 11 is 1.64. The lowest BCUT2D eigenvalue weighted by Gasteiger charge is -2.10. The van der Waals surface area contributed by atoms with Gasteiger partial charge in [0, 0.05) is 16.0 Å². The molecule has 2 aromatic heterocycles. The van der Waals surface area contributed by atoms with Crippen molar-refractivity contribution in [2.24, 2.45) is 0 Å². The first-order chi connectivity index (χ1) is 16.5. The van der Waals surface area contributed by atoms with Crippen LogP contribution in [0.5, 0.6) is 0 Å². The van der Waals surface area contributed by atoms with Gasteiger partial charge in [-0.05, 0) is 78.4 Å². The minimum Gasteiger partial charge on any atom is -0.397 e. The number of carbonyl (C=O) groups is 1. The Labute approximate surface area is 201 Å². The average Bonchev–Trinajstić information content (AvgIpc) is 3.55. The Kier molecular flexibility index (Phi) is 5.69. The molecule has 5 aromatic rings. The molecule has 0 saturated carbocycles. The summed E-state index contributed by atoms with van der Waals surface area (Å²) < 4.78 is 1.74. The van der Waals surface area contributed by atoms with Crippen molar-refractivity contribution in [3.05, 3.63) is 101 Å². The topological polar surface area (TPSA) is 85.8 Å². The van der Waals surface area contributed by atoms with Crippen molar-refractivity contribution < 1.29 is 4.79 Å². The van der Waals surface area contributed by atoms with E-state index in [1.54, 1.807) is 22.1 Å². The minimum absolute atomic E-state index is 0.238. The van der Waals surface area contributed by atoms with Crippen LogP contribution in [0, 0.1) is 13.8 Å². The number of amides is 1. The van der Waals surface area contributed by atoms with Gasteiger partial charge in [0.2, 0.25) is 0 Å². The molecule has 7 heteroatoms. The molecule has 34 heavy (non-hydrogen) atoms. The van der Waals surface area contributed by atoms with E-state index in [1.165, 1.54) is 11.1 Å². The van der Waals surface area contributed by atoms with Crippen molar-refractivity contribution in [2.75, 3.05) is 11.1 Å². The van der Waals surface area contributed by atoms with Crippen LogP contribution in [0.15, 0.2) is 84.4 Å². The second-order valence-corrected chi connectivity index (χ2v) is 9.08. The Morgan fingerprint density at radius 2 is 1.82 bits per heavy atom. The van der Waals surface area contributed by atoms with E-state index < -0.39 is 0 Å². The van der Waals surface area contributed by atoms with E-state index in [0.717, 1.165) is 21.7 Å². The zero-order chi connectivity index (χ0) is 23.7. The lowest BCUT2D eigenvalue weighted by atomic mass is 10.1. The molecule has 0 aliphatic heterocycles. The zero-order valence-electron chi connectivity index (χ0n) is 18.8. The molecule has 2 heterocycles. The normalized spacial score (nSPS) is 10.9. The van der Waals surface area contributed by atoms with E-state index in [9.17, 15) is 4.79 Å². The Hall–Kier alpha value is -4.23. The number of carbonyl (C=O) groups excluding carboxylic acids is 1. The van der Waals surface area contributed by atoms with Gasteiger partial charge in [-0.1, -0.05) is 35.5 Å². The van der Waals surface area contributed by atoms with Crippen LogP contribution in [0.4, 0.5) is 11.4 Å². The quantitative estimate of drug-likeness (QED) is 0.307. The third kappa shape index (κ3) is 4.33. The number of aryl methyl sites for hydroxylation is 2. The average molecular weight is 466 g/mol. The van der Waals surface area contributed by atoms with E-state index in [4.69, 9.17) is 5.73 Å². The van der Waals surface area contributed by atoms with E-state index >= 15 is 0 Å². The van der Waals surface area contributed by atoms with E-state index in [1.807, 2.05) is 66.2 Å². The molecular weight excluding hydrogens is 442 g/mol. The third-order valence-corrected chi connectivity index (χ3v) is 6.70. The first-order valence-electron chi connectivity index (χ1n) is 10.8. The second-order valence-electron chi connectivity index (χ2n) is 8.13. The predicted molar refractivity (Wildman–Crippen MR) is 138 cm³/mol. The Morgan fingerprint density at radius 3 is 2.62 bits per heavy atom. The first kappa shape index (κ1) is 21.6. The smallest absolute Gasteiger partial charge is 0.255 e. The molecular formula is C27H23N5OS. The van der Waals surface area contributed by atoms with Crippen LogP contribution in [0.2, 0.25) is 0 Å². The molecule has 3 N–H and O–H groups in total. The largest absolute Gasteiger partial charge is 0.397 e. The fourth-order valence-corrected chi connectivity index (χ4v) is 4.39. The number of nitrogens with one attached hydrogen (secondary N) is 1. The molecule has 0 spiro atoms. The predicted octanol–water partition coefficient (Wildman–Crippen LogP) is 6.11. The molecule has 0 unspecified atom stereocenters. The highest BCUT2D eigenvalue weighted by atomic mass is 32.1. The van der Waals surface area contributed by atoms with Crippen molar-refractivity contribution in [2.45, 2.75) is 13.8 Å². The van der Waals surface area contributed by atoms with Gasteiger partial charge in [0.05, 0.1) is 23.3 Å².